The molecule has 0 heterocycles. The number of aliphatic carboxylic acids is 1. The summed E-state index contributed by atoms with van der Waals surface area (Å²) >= 11 is 0. The number of benzene rings is 1. The molecule has 0 saturated carbocycles. The third-order valence-electron chi connectivity index (χ3n) is 2.40. The third kappa shape index (κ3) is 4.86. The fraction of sp³-hybridized carbons (Fsp3) is 0.308. The van der Waals surface area contributed by atoms with E-state index >= 15 is 0 Å². The Labute approximate surface area is 103 Å². The lowest BCUT2D eigenvalue weighted by atomic mass is 10.0. The molecule has 18 heavy (non-hydrogen) atoms. The van der Waals surface area contributed by atoms with Gasteiger partial charge in [0.2, 0.25) is 0 Å². The predicted octanol–water partition coefficient (Wildman–Crippen LogP) is 2.22. The molecule has 0 atom stereocenters. The van der Waals surface area contributed by atoms with Crippen molar-refractivity contribution in [1.82, 2.24) is 0 Å². The van der Waals surface area contributed by atoms with Crippen LogP contribution in [0.5, 0.6) is 0 Å². The molecule has 0 bridgehead atoms. The van der Waals surface area contributed by atoms with Gasteiger partial charge in [0.25, 0.3) is 0 Å². The number of hydrogen-bond donors (Lipinski definition) is 1. The number of carbonyl (C=O) groups excluding carboxylic acids is 2. The van der Waals surface area contributed by atoms with Gasteiger partial charge < -0.3 is 5.11 Å². The summed E-state index contributed by atoms with van der Waals surface area (Å²) in [6.07, 6.45) is -0.344. The van der Waals surface area contributed by atoms with Crippen molar-refractivity contribution in [3.63, 3.8) is 0 Å². The maximum Gasteiger partial charge on any atom is 0.303 e. The van der Waals surface area contributed by atoms with Gasteiger partial charge in [-0.05, 0) is 12.1 Å². The van der Waals surface area contributed by atoms with E-state index in [1.54, 1.807) is 0 Å². The quantitative estimate of drug-likeness (QED) is 0.755. The van der Waals surface area contributed by atoms with Crippen LogP contribution in [0.4, 0.5) is 4.39 Å². The highest BCUT2D eigenvalue weighted by Crippen LogP contribution is 2.09. The average Bonchev–Trinajstić information content (AvgIpc) is 2.33. The molecule has 0 radical (unpaired) electrons. The lowest BCUT2D eigenvalue weighted by molar-refractivity contribution is -0.138. The molecule has 0 aliphatic rings. The van der Waals surface area contributed by atoms with Gasteiger partial charge in [0.05, 0.1) is 6.42 Å². The normalized spacial score (nSPS) is 10.1. The number of halogens is 1. The summed E-state index contributed by atoms with van der Waals surface area (Å²) in [4.78, 5) is 33.1. The van der Waals surface area contributed by atoms with Gasteiger partial charge in [0, 0.05) is 24.8 Å². The predicted molar refractivity (Wildman–Crippen MR) is 61.8 cm³/mol. The van der Waals surface area contributed by atoms with Crippen LogP contribution in [-0.2, 0) is 9.59 Å². The molecule has 1 aromatic carbocycles. The summed E-state index contributed by atoms with van der Waals surface area (Å²) in [5, 5.41) is 8.39. The number of carboxylic acid groups (broad SMARTS) is 1. The van der Waals surface area contributed by atoms with E-state index in [2.05, 4.69) is 0 Å². The fourth-order valence-electron chi connectivity index (χ4n) is 1.43. The molecule has 0 aliphatic carbocycles. The first kappa shape index (κ1) is 14.0. The number of carboxylic acids is 1. The van der Waals surface area contributed by atoms with Crippen LogP contribution in [0.2, 0.25) is 0 Å². The molecular weight excluding hydrogens is 239 g/mol. The van der Waals surface area contributed by atoms with Crippen LogP contribution in [0.1, 0.15) is 36.0 Å². The second kappa shape index (κ2) is 6.64. The van der Waals surface area contributed by atoms with Gasteiger partial charge in [0.1, 0.15) is 11.6 Å². The second-order valence-electron chi connectivity index (χ2n) is 3.87. The zero-order valence-corrected chi connectivity index (χ0v) is 9.69. The first-order valence-corrected chi connectivity index (χ1v) is 5.51. The first-order chi connectivity index (χ1) is 8.49. The van der Waals surface area contributed by atoms with Crippen molar-refractivity contribution in [1.29, 1.82) is 0 Å². The zero-order valence-electron chi connectivity index (χ0n) is 9.69. The Bertz CT molecular complexity index is 468. The summed E-state index contributed by atoms with van der Waals surface area (Å²) in [7, 11) is 0. The summed E-state index contributed by atoms with van der Waals surface area (Å²) in [5.74, 6) is -2.14. The Morgan fingerprint density at radius 1 is 1.06 bits per heavy atom. The molecule has 96 valence electrons. The van der Waals surface area contributed by atoms with Gasteiger partial charge in [0.15, 0.2) is 5.78 Å². The van der Waals surface area contributed by atoms with Crippen molar-refractivity contribution >= 4 is 17.5 Å². The van der Waals surface area contributed by atoms with Crippen molar-refractivity contribution in [2.45, 2.75) is 25.7 Å². The fourth-order valence-corrected chi connectivity index (χ4v) is 1.43. The second-order valence-corrected chi connectivity index (χ2v) is 3.87. The number of carbonyl (C=O) groups is 3. The van der Waals surface area contributed by atoms with Crippen molar-refractivity contribution in [3.8, 4) is 0 Å². The molecule has 1 aromatic rings. The largest absolute Gasteiger partial charge is 0.481 e. The topological polar surface area (TPSA) is 71.4 Å². The summed E-state index contributed by atoms with van der Waals surface area (Å²) in [6, 6.07) is 5.25. The maximum atomic E-state index is 12.9. The number of hydrogen-bond acceptors (Lipinski definition) is 3. The first-order valence-electron chi connectivity index (χ1n) is 5.51. The Hall–Kier alpha value is -2.04. The van der Waals surface area contributed by atoms with E-state index in [1.807, 2.05) is 0 Å². The van der Waals surface area contributed by atoms with Crippen LogP contribution in [-0.4, -0.2) is 22.6 Å². The molecule has 0 fully saturated rings. The minimum atomic E-state index is -1.04. The molecular formula is C13H13FO4. The SMILES string of the molecule is O=C(O)CCC(=O)CCC(=O)c1cccc(F)c1. The summed E-state index contributed by atoms with van der Waals surface area (Å²) in [5.41, 5.74) is 0.223. The lowest BCUT2D eigenvalue weighted by Gasteiger charge is -2.01. The molecule has 1 rings (SSSR count). The van der Waals surface area contributed by atoms with Gasteiger partial charge in [-0.2, -0.15) is 0 Å². The molecule has 0 unspecified atom stereocenters. The van der Waals surface area contributed by atoms with E-state index in [9.17, 15) is 18.8 Å². The van der Waals surface area contributed by atoms with Crippen molar-refractivity contribution in [2.75, 3.05) is 0 Å². The minimum Gasteiger partial charge on any atom is -0.481 e. The van der Waals surface area contributed by atoms with Gasteiger partial charge in [-0.25, -0.2) is 4.39 Å². The molecule has 0 saturated heterocycles. The van der Waals surface area contributed by atoms with E-state index in [1.165, 1.54) is 18.2 Å². The molecule has 4 nitrogen and oxygen atoms in total. The van der Waals surface area contributed by atoms with E-state index in [0.717, 1.165) is 6.07 Å². The zero-order chi connectivity index (χ0) is 13.5. The van der Waals surface area contributed by atoms with Gasteiger partial charge in [-0.15, -0.1) is 0 Å². The van der Waals surface area contributed by atoms with Crippen LogP contribution in [0.25, 0.3) is 0 Å². The van der Waals surface area contributed by atoms with Crippen molar-refractivity contribution < 1.29 is 23.9 Å². The van der Waals surface area contributed by atoms with Gasteiger partial charge in [-0.3, -0.25) is 14.4 Å². The molecule has 1 N–H and O–H groups in total. The molecule has 0 aliphatic heterocycles. The highest BCUT2D eigenvalue weighted by atomic mass is 19.1. The Balaban J connectivity index is 2.42. The molecule has 0 spiro atoms. The van der Waals surface area contributed by atoms with Gasteiger partial charge >= 0.3 is 5.97 Å². The van der Waals surface area contributed by atoms with Crippen LogP contribution in [0, 0.1) is 5.82 Å². The third-order valence-corrected chi connectivity index (χ3v) is 2.40. The number of ketones is 2. The average molecular weight is 252 g/mol. The van der Waals surface area contributed by atoms with Crippen molar-refractivity contribution in [2.24, 2.45) is 0 Å². The summed E-state index contributed by atoms with van der Waals surface area (Å²) < 4.78 is 12.9. The van der Waals surface area contributed by atoms with Crippen LogP contribution >= 0.6 is 0 Å². The Kier molecular flexibility index (Phi) is 5.17. The Morgan fingerprint density at radius 2 is 1.72 bits per heavy atom. The Morgan fingerprint density at radius 3 is 2.33 bits per heavy atom. The molecule has 0 aromatic heterocycles. The monoisotopic (exact) mass is 252 g/mol. The van der Waals surface area contributed by atoms with E-state index in [0.29, 0.717) is 0 Å². The smallest absolute Gasteiger partial charge is 0.303 e. The highest BCUT2D eigenvalue weighted by Gasteiger charge is 2.11. The van der Waals surface area contributed by atoms with Crippen LogP contribution in [0.3, 0.4) is 0 Å². The van der Waals surface area contributed by atoms with Crippen molar-refractivity contribution in [3.05, 3.63) is 35.6 Å². The molecule has 0 amide bonds. The maximum absolute atomic E-state index is 12.9. The highest BCUT2D eigenvalue weighted by molar-refractivity contribution is 5.98. The lowest BCUT2D eigenvalue weighted by Crippen LogP contribution is -2.07. The van der Waals surface area contributed by atoms with E-state index < -0.39 is 11.8 Å². The number of Topliss-reactive ketones (excluding diaryl/α,β-unsaturated/α-hetero) is 2. The van der Waals surface area contributed by atoms with Crippen LogP contribution < -0.4 is 0 Å². The van der Waals surface area contributed by atoms with Crippen LogP contribution in [0.15, 0.2) is 24.3 Å². The minimum absolute atomic E-state index is 0.0113. The molecule has 5 heteroatoms. The summed E-state index contributed by atoms with van der Waals surface area (Å²) in [6.45, 7) is 0. The standard InChI is InChI=1S/C13H13FO4/c14-10-3-1-2-9(8-10)12(16)6-4-11(15)5-7-13(17)18/h1-3,8H,4-7H2,(H,17,18). The van der Waals surface area contributed by atoms with E-state index in [-0.39, 0.29) is 42.8 Å². The van der Waals surface area contributed by atoms with E-state index in [4.69, 9.17) is 5.11 Å². The number of rotatable bonds is 7. The van der Waals surface area contributed by atoms with Gasteiger partial charge in [-0.1, -0.05) is 12.1 Å².